The van der Waals surface area contributed by atoms with Crippen LogP contribution in [0.5, 0.6) is 0 Å². The van der Waals surface area contributed by atoms with Crippen LogP contribution in [0.1, 0.15) is 5.56 Å². The van der Waals surface area contributed by atoms with E-state index in [0.717, 1.165) is 17.8 Å². The molecule has 0 aliphatic rings. The maximum Gasteiger partial charge on any atom is 0.0596 e. The van der Waals surface area contributed by atoms with Gasteiger partial charge in [-0.15, -0.1) is 11.3 Å². The fraction of sp³-hybridized carbons (Fsp3) is 0.0556. The largest absolute Gasteiger partial charge is 0.343 e. The van der Waals surface area contributed by atoms with E-state index in [-0.39, 0.29) is 0 Å². The molecule has 0 aliphatic carbocycles. The van der Waals surface area contributed by atoms with Crippen LogP contribution in [0, 0.1) is 0 Å². The fourth-order valence-corrected chi connectivity index (χ4v) is 3.81. The number of rotatable bonds is 3. The molecule has 0 spiro atoms. The van der Waals surface area contributed by atoms with Gasteiger partial charge in [0.15, 0.2) is 0 Å². The number of benzene rings is 1. The van der Waals surface area contributed by atoms with Gasteiger partial charge < -0.3 is 4.57 Å². The van der Waals surface area contributed by atoms with Crippen molar-refractivity contribution in [2.75, 3.05) is 0 Å². The third-order valence-corrected chi connectivity index (χ3v) is 4.94. The van der Waals surface area contributed by atoms with E-state index in [1.54, 1.807) is 17.5 Å². The molecule has 0 N–H and O–H groups in total. The van der Waals surface area contributed by atoms with Gasteiger partial charge in [0.25, 0.3) is 0 Å². The molecule has 0 amide bonds. The van der Waals surface area contributed by atoms with Crippen molar-refractivity contribution in [3.05, 3.63) is 77.0 Å². The summed E-state index contributed by atoms with van der Waals surface area (Å²) in [4.78, 5) is 4.19. The summed E-state index contributed by atoms with van der Waals surface area (Å²) in [5, 5.41) is 4.11. The van der Waals surface area contributed by atoms with E-state index in [1.807, 2.05) is 12.3 Å². The van der Waals surface area contributed by atoms with Crippen molar-refractivity contribution in [2.45, 2.75) is 6.54 Å². The smallest absolute Gasteiger partial charge is 0.0596 e. The Morgan fingerprint density at radius 3 is 2.95 bits per heavy atom. The van der Waals surface area contributed by atoms with Gasteiger partial charge in [-0.2, -0.15) is 0 Å². The zero-order chi connectivity index (χ0) is 14.9. The van der Waals surface area contributed by atoms with E-state index in [4.69, 9.17) is 11.6 Å². The van der Waals surface area contributed by atoms with Crippen molar-refractivity contribution in [1.29, 1.82) is 0 Å². The van der Waals surface area contributed by atoms with E-state index in [9.17, 15) is 0 Å². The second-order valence-electron chi connectivity index (χ2n) is 5.17. The lowest BCUT2D eigenvalue weighted by atomic mass is 10.1. The Bertz CT molecular complexity index is 939. The first-order valence-electron chi connectivity index (χ1n) is 7.02. The molecule has 0 saturated heterocycles. The molecule has 4 aromatic rings. The monoisotopic (exact) mass is 324 g/mol. The van der Waals surface area contributed by atoms with E-state index < -0.39 is 0 Å². The maximum absolute atomic E-state index is 6.07. The fourth-order valence-electron chi connectivity index (χ4n) is 2.73. The molecule has 0 atom stereocenters. The predicted molar refractivity (Wildman–Crippen MR) is 93.6 cm³/mol. The van der Waals surface area contributed by atoms with E-state index >= 15 is 0 Å². The van der Waals surface area contributed by atoms with Gasteiger partial charge in [0.1, 0.15) is 0 Å². The van der Waals surface area contributed by atoms with Crippen LogP contribution in [0.4, 0.5) is 0 Å². The molecular weight excluding hydrogens is 312 g/mol. The first-order valence-corrected chi connectivity index (χ1v) is 8.28. The SMILES string of the molecule is Clc1cncc(-c2cccn2Cc2cccc3ccsc23)c1. The Labute approximate surface area is 137 Å². The van der Waals surface area contributed by atoms with Crippen LogP contribution >= 0.6 is 22.9 Å². The van der Waals surface area contributed by atoms with Gasteiger partial charge in [0.2, 0.25) is 0 Å². The molecule has 108 valence electrons. The summed E-state index contributed by atoms with van der Waals surface area (Å²) in [6.45, 7) is 0.840. The highest BCUT2D eigenvalue weighted by atomic mass is 35.5. The molecule has 0 aliphatic heterocycles. The summed E-state index contributed by atoms with van der Waals surface area (Å²) in [5.74, 6) is 0. The number of thiophene rings is 1. The van der Waals surface area contributed by atoms with E-state index in [0.29, 0.717) is 5.02 Å². The third kappa shape index (κ3) is 2.43. The van der Waals surface area contributed by atoms with Crippen molar-refractivity contribution < 1.29 is 0 Å². The zero-order valence-corrected chi connectivity index (χ0v) is 13.3. The highest BCUT2D eigenvalue weighted by Crippen LogP contribution is 2.28. The molecule has 0 fully saturated rings. The van der Waals surface area contributed by atoms with Crippen LogP contribution in [0.2, 0.25) is 5.02 Å². The Kier molecular flexibility index (Phi) is 3.45. The molecule has 0 bridgehead atoms. The first kappa shape index (κ1) is 13.6. The van der Waals surface area contributed by atoms with Crippen LogP contribution in [-0.4, -0.2) is 9.55 Å². The number of halogens is 1. The van der Waals surface area contributed by atoms with E-state index in [2.05, 4.69) is 57.5 Å². The molecule has 4 rings (SSSR count). The normalized spacial score (nSPS) is 11.1. The summed E-state index contributed by atoms with van der Waals surface area (Å²) in [6.07, 6.45) is 5.61. The van der Waals surface area contributed by atoms with Crippen molar-refractivity contribution in [3.63, 3.8) is 0 Å². The quantitative estimate of drug-likeness (QED) is 0.489. The van der Waals surface area contributed by atoms with Gasteiger partial charge in [-0.05, 0) is 40.6 Å². The van der Waals surface area contributed by atoms with Gasteiger partial charge in [-0.1, -0.05) is 29.8 Å². The van der Waals surface area contributed by atoms with Crippen molar-refractivity contribution >= 4 is 33.0 Å². The summed E-state index contributed by atoms with van der Waals surface area (Å²) in [6, 6.07) is 14.7. The summed E-state index contributed by atoms with van der Waals surface area (Å²) < 4.78 is 3.59. The molecule has 1 aromatic carbocycles. The molecule has 4 heteroatoms. The van der Waals surface area contributed by atoms with Crippen LogP contribution in [0.15, 0.2) is 66.4 Å². The number of fused-ring (bicyclic) bond motifs is 1. The molecule has 0 unspecified atom stereocenters. The molecular formula is C18H13ClN2S. The van der Waals surface area contributed by atoms with Crippen LogP contribution < -0.4 is 0 Å². The third-order valence-electron chi connectivity index (χ3n) is 3.73. The van der Waals surface area contributed by atoms with Crippen LogP contribution in [0.3, 0.4) is 0 Å². The van der Waals surface area contributed by atoms with Crippen molar-refractivity contribution in [3.8, 4) is 11.3 Å². The molecule has 0 saturated carbocycles. The average Bonchev–Trinajstić information content (AvgIpc) is 3.16. The van der Waals surface area contributed by atoms with Gasteiger partial charge in [-0.25, -0.2) is 0 Å². The van der Waals surface area contributed by atoms with Crippen molar-refractivity contribution in [1.82, 2.24) is 9.55 Å². The minimum atomic E-state index is 0.658. The van der Waals surface area contributed by atoms with Crippen molar-refractivity contribution in [2.24, 2.45) is 0 Å². The van der Waals surface area contributed by atoms with Gasteiger partial charge in [0.05, 0.1) is 5.02 Å². The number of pyridine rings is 1. The lowest BCUT2D eigenvalue weighted by Gasteiger charge is -2.10. The first-order chi connectivity index (χ1) is 10.8. The molecule has 3 aromatic heterocycles. The minimum Gasteiger partial charge on any atom is -0.343 e. The second-order valence-corrected chi connectivity index (χ2v) is 6.52. The topological polar surface area (TPSA) is 17.8 Å². The van der Waals surface area contributed by atoms with Gasteiger partial charge in [0, 0.05) is 41.1 Å². The second kappa shape index (κ2) is 5.59. The van der Waals surface area contributed by atoms with E-state index in [1.165, 1.54) is 15.6 Å². The minimum absolute atomic E-state index is 0.658. The Morgan fingerprint density at radius 1 is 1.09 bits per heavy atom. The van der Waals surface area contributed by atoms with Gasteiger partial charge >= 0.3 is 0 Å². The average molecular weight is 325 g/mol. The van der Waals surface area contributed by atoms with Crippen LogP contribution in [0.25, 0.3) is 21.3 Å². The molecule has 22 heavy (non-hydrogen) atoms. The lowest BCUT2D eigenvalue weighted by molar-refractivity contribution is 0.820. The highest BCUT2D eigenvalue weighted by Gasteiger charge is 2.08. The van der Waals surface area contributed by atoms with Crippen LogP contribution in [-0.2, 0) is 6.54 Å². The molecule has 0 radical (unpaired) electrons. The van der Waals surface area contributed by atoms with Gasteiger partial charge in [-0.3, -0.25) is 4.98 Å². The summed E-state index contributed by atoms with van der Waals surface area (Å²) >= 11 is 7.86. The number of nitrogens with zero attached hydrogens (tertiary/aromatic N) is 2. The maximum atomic E-state index is 6.07. The highest BCUT2D eigenvalue weighted by molar-refractivity contribution is 7.17. The summed E-state index contributed by atoms with van der Waals surface area (Å²) in [7, 11) is 0. The molecule has 3 heterocycles. The number of aromatic nitrogens is 2. The Hall–Kier alpha value is -2.10. The Balaban J connectivity index is 1.76. The Morgan fingerprint density at radius 2 is 2.05 bits per heavy atom. The summed E-state index contributed by atoms with van der Waals surface area (Å²) in [5.41, 5.74) is 3.50. The number of hydrogen-bond acceptors (Lipinski definition) is 2. The lowest BCUT2D eigenvalue weighted by Crippen LogP contribution is -2.00. The standard InChI is InChI=1S/C18H13ClN2S/c19-16-9-15(10-20-11-16)17-5-2-7-21(17)12-14-4-1-3-13-6-8-22-18(13)14/h1-11H,12H2. The zero-order valence-electron chi connectivity index (χ0n) is 11.7. The predicted octanol–water partition coefficient (Wildman–Crippen LogP) is 5.47. The number of hydrogen-bond donors (Lipinski definition) is 0. The molecule has 2 nitrogen and oxygen atoms in total.